The van der Waals surface area contributed by atoms with E-state index in [0.717, 1.165) is 29.7 Å². The van der Waals surface area contributed by atoms with Crippen LogP contribution in [-0.2, 0) is 37.2 Å². The number of benzene rings is 1. The Labute approximate surface area is 165 Å². The maximum absolute atomic E-state index is 13.3. The zero-order valence-corrected chi connectivity index (χ0v) is 17.0. The number of esters is 1. The summed E-state index contributed by atoms with van der Waals surface area (Å²) < 4.78 is 33.2. The molecule has 0 bridgehead atoms. The Morgan fingerprint density at radius 1 is 1.14 bits per heavy atom. The fourth-order valence-corrected chi connectivity index (χ4v) is 6.16. The smallest absolute Gasteiger partial charge is 0.310 e. The molecule has 0 spiro atoms. The average Bonchev–Trinajstić information content (AvgIpc) is 2.71. The van der Waals surface area contributed by atoms with Gasteiger partial charge in [0.15, 0.2) is 0 Å². The molecule has 1 saturated heterocycles. The lowest BCUT2D eigenvalue weighted by molar-refractivity contribution is -0.149. The first-order valence-corrected chi connectivity index (χ1v) is 11.5. The second kappa shape index (κ2) is 7.48. The summed E-state index contributed by atoms with van der Waals surface area (Å²) in [7, 11) is -3.69. The number of nitrogens with zero attached hydrogens (tertiary/aromatic N) is 2. The molecule has 8 heteroatoms. The fourth-order valence-electron chi connectivity index (χ4n) is 4.53. The van der Waals surface area contributed by atoms with E-state index in [-0.39, 0.29) is 23.3 Å². The maximum Gasteiger partial charge on any atom is 0.310 e. The van der Waals surface area contributed by atoms with Gasteiger partial charge in [0, 0.05) is 26.1 Å². The van der Waals surface area contributed by atoms with Gasteiger partial charge in [-0.3, -0.25) is 9.59 Å². The number of hydrogen-bond donors (Lipinski definition) is 0. The molecule has 0 unspecified atom stereocenters. The summed E-state index contributed by atoms with van der Waals surface area (Å²) >= 11 is 0. The number of sulfonamides is 1. The normalized spacial score (nSPS) is 22.7. The van der Waals surface area contributed by atoms with E-state index in [1.54, 1.807) is 19.1 Å². The predicted molar refractivity (Wildman–Crippen MR) is 104 cm³/mol. The Bertz CT molecular complexity index is 894. The molecule has 1 amide bonds. The minimum atomic E-state index is -3.69. The number of aryl methyl sites for hydroxylation is 2. The van der Waals surface area contributed by atoms with Gasteiger partial charge in [-0.25, -0.2) is 8.42 Å². The van der Waals surface area contributed by atoms with E-state index in [2.05, 4.69) is 0 Å². The zero-order valence-electron chi connectivity index (χ0n) is 16.1. The molecular weight excluding hydrogens is 380 g/mol. The van der Waals surface area contributed by atoms with Gasteiger partial charge in [0.05, 0.1) is 23.1 Å². The second-order valence-corrected chi connectivity index (χ2v) is 9.63. The lowest BCUT2D eigenvalue weighted by Gasteiger charge is -2.36. The molecule has 0 N–H and O–H groups in total. The second-order valence-electron chi connectivity index (χ2n) is 7.69. The number of hydrogen-bond acceptors (Lipinski definition) is 5. The number of carbonyl (C=O) groups excluding carboxylic acids is 2. The highest BCUT2D eigenvalue weighted by Crippen LogP contribution is 2.38. The van der Waals surface area contributed by atoms with Gasteiger partial charge >= 0.3 is 5.97 Å². The van der Waals surface area contributed by atoms with Crippen LogP contribution in [-0.4, -0.2) is 50.8 Å². The lowest BCUT2D eigenvalue weighted by Crippen LogP contribution is -2.43. The van der Waals surface area contributed by atoms with Crippen LogP contribution < -0.4 is 4.90 Å². The van der Waals surface area contributed by atoms with E-state index in [1.807, 2.05) is 4.90 Å². The van der Waals surface area contributed by atoms with Gasteiger partial charge in [0.1, 0.15) is 0 Å². The Morgan fingerprint density at radius 2 is 1.89 bits per heavy atom. The molecule has 0 aliphatic carbocycles. The van der Waals surface area contributed by atoms with Crippen molar-refractivity contribution in [1.82, 2.24) is 4.31 Å². The number of piperidine rings is 1. The minimum absolute atomic E-state index is 0.123. The van der Waals surface area contributed by atoms with Gasteiger partial charge in [-0.2, -0.15) is 4.31 Å². The summed E-state index contributed by atoms with van der Waals surface area (Å²) in [5, 5.41) is 0. The van der Waals surface area contributed by atoms with Crippen LogP contribution in [0.4, 0.5) is 5.69 Å². The standard InChI is InChI=1S/C20H26N2O5S/c1-2-27-20(24)16-6-3-9-21(13-16)28(25,26)17-11-14-5-4-10-22-18(23)8-7-15(12-17)19(14)22/h11-12,16H,2-10,13H2,1H3/t16-/m0/s1. The van der Waals surface area contributed by atoms with Crippen LogP contribution in [0, 0.1) is 5.92 Å². The van der Waals surface area contributed by atoms with Crippen molar-refractivity contribution in [3.8, 4) is 0 Å². The SMILES string of the molecule is CCOC(=O)[C@H]1CCCN(S(=O)(=O)c2cc3c4c(c2)CCC(=O)N4CCC3)C1. The van der Waals surface area contributed by atoms with Gasteiger partial charge in [0.2, 0.25) is 15.9 Å². The van der Waals surface area contributed by atoms with Crippen molar-refractivity contribution in [1.29, 1.82) is 0 Å². The summed E-state index contributed by atoms with van der Waals surface area (Å²) in [6, 6.07) is 3.46. The van der Waals surface area contributed by atoms with Crippen LogP contribution in [0.5, 0.6) is 0 Å². The zero-order chi connectivity index (χ0) is 19.9. The van der Waals surface area contributed by atoms with Crippen molar-refractivity contribution < 1.29 is 22.7 Å². The number of amides is 1. The Morgan fingerprint density at radius 3 is 2.64 bits per heavy atom. The molecule has 152 valence electrons. The van der Waals surface area contributed by atoms with E-state index in [9.17, 15) is 18.0 Å². The molecule has 3 heterocycles. The maximum atomic E-state index is 13.3. The molecule has 0 radical (unpaired) electrons. The molecule has 1 atom stereocenters. The van der Waals surface area contributed by atoms with Crippen LogP contribution in [0.3, 0.4) is 0 Å². The third-order valence-corrected chi connectivity index (χ3v) is 7.73. The monoisotopic (exact) mass is 406 g/mol. The minimum Gasteiger partial charge on any atom is -0.466 e. The van der Waals surface area contributed by atoms with Crippen LogP contribution in [0.15, 0.2) is 17.0 Å². The van der Waals surface area contributed by atoms with Gasteiger partial charge in [-0.1, -0.05) is 0 Å². The van der Waals surface area contributed by atoms with E-state index in [1.165, 1.54) is 4.31 Å². The first-order chi connectivity index (χ1) is 13.4. The van der Waals surface area contributed by atoms with Crippen molar-refractivity contribution in [3.63, 3.8) is 0 Å². The van der Waals surface area contributed by atoms with Crippen molar-refractivity contribution in [2.24, 2.45) is 5.92 Å². The van der Waals surface area contributed by atoms with Crippen LogP contribution in [0.1, 0.15) is 43.7 Å². The molecule has 0 saturated carbocycles. The molecule has 3 aliphatic rings. The predicted octanol–water partition coefficient (Wildman–Crippen LogP) is 1.88. The summed E-state index contributed by atoms with van der Waals surface area (Å²) in [6.07, 6.45) is 3.91. The Kier molecular flexibility index (Phi) is 5.18. The number of anilines is 1. The van der Waals surface area contributed by atoms with Gasteiger partial charge in [-0.05, 0) is 62.3 Å². The highest BCUT2D eigenvalue weighted by molar-refractivity contribution is 7.89. The van der Waals surface area contributed by atoms with Gasteiger partial charge in [-0.15, -0.1) is 0 Å². The summed E-state index contributed by atoms with van der Waals surface area (Å²) in [5.41, 5.74) is 2.80. The van der Waals surface area contributed by atoms with Gasteiger partial charge < -0.3 is 9.64 Å². The molecule has 1 aromatic rings. The molecular formula is C20H26N2O5S. The number of rotatable bonds is 4. The molecule has 3 aliphatic heterocycles. The molecule has 4 rings (SSSR count). The average molecular weight is 407 g/mol. The van der Waals surface area contributed by atoms with E-state index in [4.69, 9.17) is 4.74 Å². The lowest BCUT2D eigenvalue weighted by atomic mass is 9.92. The highest BCUT2D eigenvalue weighted by Gasteiger charge is 2.36. The molecule has 1 aromatic carbocycles. The first kappa shape index (κ1) is 19.4. The summed E-state index contributed by atoms with van der Waals surface area (Å²) in [6.45, 7) is 3.33. The van der Waals surface area contributed by atoms with E-state index < -0.39 is 15.9 Å². The van der Waals surface area contributed by atoms with Crippen LogP contribution >= 0.6 is 0 Å². The topological polar surface area (TPSA) is 84.0 Å². The number of ether oxygens (including phenoxy) is 1. The fraction of sp³-hybridized carbons (Fsp3) is 0.600. The quantitative estimate of drug-likeness (QED) is 0.713. The third-order valence-electron chi connectivity index (χ3n) is 5.89. The Balaban J connectivity index is 1.65. The Hall–Kier alpha value is -1.93. The van der Waals surface area contributed by atoms with Crippen LogP contribution in [0.25, 0.3) is 0 Å². The van der Waals surface area contributed by atoms with E-state index >= 15 is 0 Å². The summed E-state index contributed by atoms with van der Waals surface area (Å²) in [4.78, 5) is 26.4. The van der Waals surface area contributed by atoms with Crippen molar-refractivity contribution >= 4 is 27.6 Å². The van der Waals surface area contributed by atoms with Crippen molar-refractivity contribution in [2.75, 3.05) is 31.1 Å². The molecule has 28 heavy (non-hydrogen) atoms. The largest absolute Gasteiger partial charge is 0.466 e. The third kappa shape index (κ3) is 3.33. The molecule has 7 nitrogen and oxygen atoms in total. The summed E-state index contributed by atoms with van der Waals surface area (Å²) in [5.74, 6) is -0.609. The van der Waals surface area contributed by atoms with Crippen molar-refractivity contribution in [3.05, 3.63) is 23.3 Å². The van der Waals surface area contributed by atoms with Gasteiger partial charge in [0.25, 0.3) is 0 Å². The van der Waals surface area contributed by atoms with Crippen molar-refractivity contribution in [2.45, 2.75) is 50.3 Å². The highest BCUT2D eigenvalue weighted by atomic mass is 32.2. The van der Waals surface area contributed by atoms with Crippen LogP contribution in [0.2, 0.25) is 0 Å². The first-order valence-electron chi connectivity index (χ1n) is 10.0. The molecule has 0 aromatic heterocycles. The molecule has 1 fully saturated rings. The number of carbonyl (C=O) groups is 2. The van der Waals surface area contributed by atoms with E-state index in [0.29, 0.717) is 45.4 Å².